The normalized spacial score (nSPS) is 15.2. The summed E-state index contributed by atoms with van der Waals surface area (Å²) in [4.78, 5) is 0. The van der Waals surface area contributed by atoms with Crippen LogP contribution in [0.4, 0.5) is 0 Å². The number of nitrogens with one attached hydrogen (secondary N) is 1. The maximum Gasteiger partial charge on any atom is 0.0985 e. The van der Waals surface area contributed by atoms with Crippen LogP contribution in [0.1, 0.15) is 16.7 Å². The average Bonchev–Trinajstić information content (AvgIpc) is 3.27. The first-order valence-electron chi connectivity index (χ1n) is 12.3. The maximum absolute atomic E-state index is 8.26. The monoisotopic (exact) mass is 463 g/mol. The van der Waals surface area contributed by atoms with E-state index in [4.69, 9.17) is 11.1 Å². The summed E-state index contributed by atoms with van der Waals surface area (Å²) in [6, 6.07) is 38.8. The fourth-order valence-electron chi connectivity index (χ4n) is 5.82. The second-order valence-electron chi connectivity index (χ2n) is 9.59. The molecule has 3 nitrogen and oxygen atoms in total. The molecule has 3 heteroatoms. The van der Waals surface area contributed by atoms with Gasteiger partial charge in [0.05, 0.1) is 16.9 Å². The van der Waals surface area contributed by atoms with Gasteiger partial charge in [0.25, 0.3) is 0 Å². The molecule has 1 aliphatic carbocycles. The van der Waals surface area contributed by atoms with Crippen molar-refractivity contribution >= 4 is 50.1 Å². The number of hydrogen-bond acceptors (Lipinski definition) is 1. The van der Waals surface area contributed by atoms with Crippen LogP contribution in [-0.4, -0.2) is 10.4 Å². The molecule has 7 rings (SSSR count). The number of hydrogen-bond donors (Lipinski definition) is 2. The molecule has 1 heterocycles. The van der Waals surface area contributed by atoms with Crippen molar-refractivity contribution in [1.29, 1.82) is 5.41 Å². The van der Waals surface area contributed by atoms with Crippen molar-refractivity contribution in [3.8, 4) is 5.69 Å². The van der Waals surface area contributed by atoms with Crippen molar-refractivity contribution in [2.75, 3.05) is 0 Å². The standard InChI is InChI=1S/C33H25N3/c34-33(35)30-20-24-9-2-1-8-23(24)19-29(30)22-13-16-25(17-14-22)36-31-12-6-5-11-27(31)28-18-15-21-7-3-4-10-26(21)32(28)36/h1-19,30H,20H2,(H3,34,35). The van der Waals surface area contributed by atoms with Crippen LogP contribution < -0.4 is 5.73 Å². The Bertz CT molecular complexity index is 1840. The highest BCUT2D eigenvalue weighted by Gasteiger charge is 2.25. The lowest BCUT2D eigenvalue weighted by molar-refractivity contribution is 0.843. The number of para-hydroxylation sites is 1. The van der Waals surface area contributed by atoms with E-state index < -0.39 is 0 Å². The summed E-state index contributed by atoms with van der Waals surface area (Å²) in [5.74, 6) is 0.108. The Labute approximate surface area is 209 Å². The Balaban J connectivity index is 1.43. The molecule has 1 aliphatic rings. The van der Waals surface area contributed by atoms with E-state index in [-0.39, 0.29) is 11.8 Å². The fraction of sp³-hybridized carbons (Fsp3) is 0.0606. The lowest BCUT2D eigenvalue weighted by Gasteiger charge is -2.26. The molecule has 172 valence electrons. The van der Waals surface area contributed by atoms with Gasteiger partial charge in [-0.15, -0.1) is 0 Å². The highest BCUT2D eigenvalue weighted by atomic mass is 15.0. The molecule has 36 heavy (non-hydrogen) atoms. The average molecular weight is 464 g/mol. The van der Waals surface area contributed by atoms with Crippen molar-refractivity contribution < 1.29 is 0 Å². The second kappa shape index (κ2) is 7.96. The van der Waals surface area contributed by atoms with Gasteiger partial charge in [-0.05, 0) is 52.3 Å². The molecule has 0 saturated carbocycles. The minimum absolute atomic E-state index is 0.108. The van der Waals surface area contributed by atoms with Gasteiger partial charge >= 0.3 is 0 Å². The van der Waals surface area contributed by atoms with E-state index in [2.05, 4.69) is 120 Å². The van der Waals surface area contributed by atoms with Crippen molar-refractivity contribution in [2.45, 2.75) is 6.42 Å². The molecule has 0 spiro atoms. The van der Waals surface area contributed by atoms with Gasteiger partial charge in [-0.3, -0.25) is 5.41 Å². The van der Waals surface area contributed by atoms with E-state index in [1.54, 1.807) is 0 Å². The van der Waals surface area contributed by atoms with Gasteiger partial charge in [-0.25, -0.2) is 0 Å². The smallest absolute Gasteiger partial charge is 0.0985 e. The second-order valence-corrected chi connectivity index (χ2v) is 9.59. The maximum atomic E-state index is 8.26. The molecule has 1 aromatic heterocycles. The Kier molecular flexibility index (Phi) is 4.58. The zero-order valence-electron chi connectivity index (χ0n) is 19.8. The van der Waals surface area contributed by atoms with Crippen LogP contribution in [0.25, 0.3) is 49.9 Å². The Hall–Kier alpha value is -4.63. The number of benzene rings is 5. The van der Waals surface area contributed by atoms with Gasteiger partial charge in [-0.1, -0.05) is 97.1 Å². The summed E-state index contributed by atoms with van der Waals surface area (Å²) < 4.78 is 2.38. The fourth-order valence-corrected chi connectivity index (χ4v) is 5.82. The molecule has 1 atom stereocenters. The first kappa shape index (κ1) is 20.7. The minimum Gasteiger partial charge on any atom is -0.387 e. The predicted octanol–water partition coefficient (Wildman–Crippen LogP) is 7.59. The minimum atomic E-state index is -0.108. The van der Waals surface area contributed by atoms with Crippen LogP contribution in [0.15, 0.2) is 109 Å². The summed E-state index contributed by atoms with van der Waals surface area (Å²) in [5.41, 5.74) is 14.3. The van der Waals surface area contributed by atoms with Gasteiger partial charge in [0.1, 0.15) is 0 Å². The highest BCUT2D eigenvalue weighted by Crippen LogP contribution is 2.38. The summed E-state index contributed by atoms with van der Waals surface area (Å²) in [6.45, 7) is 0. The molecule has 0 bridgehead atoms. The van der Waals surface area contributed by atoms with Crippen LogP contribution in [0, 0.1) is 11.3 Å². The number of amidine groups is 1. The van der Waals surface area contributed by atoms with Crippen LogP contribution in [0.2, 0.25) is 0 Å². The molecule has 5 aromatic carbocycles. The first-order chi connectivity index (χ1) is 17.7. The van der Waals surface area contributed by atoms with Crippen LogP contribution >= 0.6 is 0 Å². The number of rotatable bonds is 3. The molecule has 0 amide bonds. The van der Waals surface area contributed by atoms with Gasteiger partial charge in [0.15, 0.2) is 0 Å². The summed E-state index contributed by atoms with van der Waals surface area (Å²) >= 11 is 0. The van der Waals surface area contributed by atoms with Crippen LogP contribution in [0.3, 0.4) is 0 Å². The molecule has 6 aromatic rings. The lowest BCUT2D eigenvalue weighted by Crippen LogP contribution is -2.27. The van der Waals surface area contributed by atoms with Crippen LogP contribution in [-0.2, 0) is 6.42 Å². The number of nitrogens with zero attached hydrogens (tertiary/aromatic N) is 1. The summed E-state index contributed by atoms with van der Waals surface area (Å²) in [7, 11) is 0. The SMILES string of the molecule is N=C(N)C1Cc2ccccc2C=C1c1ccc(-n2c3ccccc3c3ccc4ccccc4c32)cc1. The third-order valence-electron chi connectivity index (χ3n) is 7.56. The van der Waals surface area contributed by atoms with E-state index >= 15 is 0 Å². The molecule has 0 saturated heterocycles. The number of fused-ring (bicyclic) bond motifs is 6. The Morgan fingerprint density at radius 1 is 0.722 bits per heavy atom. The molecular formula is C33H25N3. The van der Waals surface area contributed by atoms with Crippen molar-refractivity contribution in [3.63, 3.8) is 0 Å². The Morgan fingerprint density at radius 3 is 2.28 bits per heavy atom. The zero-order valence-corrected chi connectivity index (χ0v) is 19.8. The van der Waals surface area contributed by atoms with Crippen molar-refractivity contribution in [1.82, 2.24) is 4.57 Å². The Morgan fingerprint density at radius 2 is 1.44 bits per heavy atom. The first-order valence-corrected chi connectivity index (χ1v) is 12.3. The van der Waals surface area contributed by atoms with E-state index in [9.17, 15) is 0 Å². The third-order valence-corrected chi connectivity index (χ3v) is 7.56. The predicted molar refractivity (Wildman–Crippen MR) is 152 cm³/mol. The van der Waals surface area contributed by atoms with Crippen molar-refractivity contribution in [3.05, 3.63) is 126 Å². The van der Waals surface area contributed by atoms with Gasteiger partial charge in [0, 0.05) is 27.8 Å². The van der Waals surface area contributed by atoms with Gasteiger partial charge < -0.3 is 10.3 Å². The van der Waals surface area contributed by atoms with Crippen LogP contribution in [0.5, 0.6) is 0 Å². The molecule has 1 unspecified atom stereocenters. The zero-order chi connectivity index (χ0) is 24.2. The third kappa shape index (κ3) is 3.10. The molecular weight excluding hydrogens is 438 g/mol. The molecule has 0 aliphatic heterocycles. The quantitative estimate of drug-likeness (QED) is 0.206. The van der Waals surface area contributed by atoms with Gasteiger partial charge in [0.2, 0.25) is 0 Å². The van der Waals surface area contributed by atoms with E-state index in [1.807, 2.05) is 0 Å². The summed E-state index contributed by atoms with van der Waals surface area (Å²) in [6.07, 6.45) is 2.96. The number of aromatic nitrogens is 1. The van der Waals surface area contributed by atoms with Gasteiger partial charge in [-0.2, -0.15) is 0 Å². The van der Waals surface area contributed by atoms with Crippen molar-refractivity contribution in [2.24, 2.45) is 11.7 Å². The van der Waals surface area contributed by atoms with E-state index in [0.717, 1.165) is 23.2 Å². The highest BCUT2D eigenvalue weighted by molar-refractivity contribution is 6.18. The lowest BCUT2D eigenvalue weighted by atomic mass is 9.80. The molecule has 0 fully saturated rings. The molecule has 3 N–H and O–H groups in total. The number of nitrogens with two attached hydrogens (primary N) is 1. The summed E-state index contributed by atoms with van der Waals surface area (Å²) in [5, 5.41) is 13.3. The molecule has 0 radical (unpaired) electrons. The largest absolute Gasteiger partial charge is 0.387 e. The topological polar surface area (TPSA) is 54.8 Å². The van der Waals surface area contributed by atoms with E-state index in [0.29, 0.717) is 0 Å². The van der Waals surface area contributed by atoms with E-state index in [1.165, 1.54) is 43.7 Å².